The molecule has 53 heavy (non-hydrogen) atoms. The molecule has 0 atom stereocenters. The number of carbonyl (C=O) groups is 1. The standard InChI is InChI=1S/C52H38O/c1-52(2)49-25-23-39(45-29-41(35-15-7-3-8-16-35)27-42(30-45)36-17-9-4-10-18-36)33-47(49)51(53)48-34-40(24-26-50(48)52)46-31-43(37-19-11-5-12-20-37)28-44(32-46)38-21-13-6-14-22-38/h3-34H,1-2H3. The van der Waals surface area contributed by atoms with E-state index in [0.29, 0.717) is 0 Å². The van der Waals surface area contributed by atoms with Gasteiger partial charge in [-0.3, -0.25) is 4.79 Å². The van der Waals surface area contributed by atoms with E-state index in [1.165, 1.54) is 0 Å². The fourth-order valence-electron chi connectivity index (χ4n) is 7.98. The third-order valence-corrected chi connectivity index (χ3v) is 10.8. The second-order valence-corrected chi connectivity index (χ2v) is 14.5. The van der Waals surface area contributed by atoms with Gasteiger partial charge in [-0.15, -0.1) is 0 Å². The molecule has 8 aromatic carbocycles. The summed E-state index contributed by atoms with van der Waals surface area (Å²) >= 11 is 0. The van der Waals surface area contributed by atoms with E-state index in [1.54, 1.807) is 0 Å². The minimum atomic E-state index is -0.349. The van der Waals surface area contributed by atoms with Crippen LogP contribution in [0.2, 0.25) is 0 Å². The lowest BCUT2D eigenvalue weighted by Gasteiger charge is -2.35. The van der Waals surface area contributed by atoms with Crippen LogP contribution in [0.5, 0.6) is 0 Å². The van der Waals surface area contributed by atoms with Gasteiger partial charge in [0.05, 0.1) is 0 Å². The molecule has 0 amide bonds. The molecule has 0 radical (unpaired) electrons. The van der Waals surface area contributed by atoms with Crippen LogP contribution in [0.3, 0.4) is 0 Å². The Balaban J connectivity index is 1.16. The minimum absolute atomic E-state index is 0.0722. The summed E-state index contributed by atoms with van der Waals surface area (Å²) in [5.74, 6) is 0.0722. The molecular weight excluding hydrogens is 641 g/mol. The van der Waals surface area contributed by atoms with Crippen molar-refractivity contribution in [3.8, 4) is 66.8 Å². The first-order valence-electron chi connectivity index (χ1n) is 18.3. The molecule has 0 N–H and O–H groups in total. The van der Waals surface area contributed by atoms with Crippen LogP contribution in [0.25, 0.3) is 66.8 Å². The van der Waals surface area contributed by atoms with E-state index in [0.717, 1.165) is 89.0 Å². The van der Waals surface area contributed by atoms with Gasteiger partial charge in [0, 0.05) is 16.5 Å². The zero-order valence-corrected chi connectivity index (χ0v) is 29.9. The third kappa shape index (κ3) is 6.01. The fraction of sp³-hybridized carbons (Fsp3) is 0.0577. The molecule has 0 aliphatic heterocycles. The first-order valence-corrected chi connectivity index (χ1v) is 18.3. The fourth-order valence-corrected chi connectivity index (χ4v) is 7.98. The Morgan fingerprint density at radius 2 is 0.547 bits per heavy atom. The minimum Gasteiger partial charge on any atom is -0.289 e. The molecule has 0 bridgehead atoms. The van der Waals surface area contributed by atoms with Crippen LogP contribution in [0.15, 0.2) is 194 Å². The monoisotopic (exact) mass is 678 g/mol. The number of ketones is 1. The van der Waals surface area contributed by atoms with Crippen molar-refractivity contribution in [2.75, 3.05) is 0 Å². The maximum Gasteiger partial charge on any atom is 0.193 e. The third-order valence-electron chi connectivity index (χ3n) is 10.8. The van der Waals surface area contributed by atoms with Gasteiger partial charge in [0.2, 0.25) is 0 Å². The van der Waals surface area contributed by atoms with Gasteiger partial charge in [-0.1, -0.05) is 159 Å². The van der Waals surface area contributed by atoms with Crippen LogP contribution >= 0.6 is 0 Å². The highest BCUT2D eigenvalue weighted by molar-refractivity contribution is 6.14. The summed E-state index contributed by atoms with van der Waals surface area (Å²) < 4.78 is 0. The molecule has 1 nitrogen and oxygen atoms in total. The van der Waals surface area contributed by atoms with Gasteiger partial charge >= 0.3 is 0 Å². The average molecular weight is 679 g/mol. The van der Waals surface area contributed by atoms with Crippen molar-refractivity contribution in [1.29, 1.82) is 0 Å². The van der Waals surface area contributed by atoms with Gasteiger partial charge in [0.1, 0.15) is 0 Å². The summed E-state index contributed by atoms with van der Waals surface area (Å²) in [5.41, 5.74) is 16.8. The van der Waals surface area contributed by atoms with Crippen LogP contribution in [0.1, 0.15) is 40.9 Å². The zero-order chi connectivity index (χ0) is 35.9. The zero-order valence-electron chi connectivity index (χ0n) is 29.9. The largest absolute Gasteiger partial charge is 0.289 e. The Morgan fingerprint density at radius 3 is 0.830 bits per heavy atom. The Morgan fingerprint density at radius 1 is 0.283 bits per heavy atom. The van der Waals surface area contributed by atoms with Crippen molar-refractivity contribution in [2.24, 2.45) is 0 Å². The molecule has 0 aromatic heterocycles. The quantitative estimate of drug-likeness (QED) is 0.171. The highest BCUT2D eigenvalue weighted by atomic mass is 16.1. The van der Waals surface area contributed by atoms with E-state index in [1.807, 2.05) is 24.3 Å². The van der Waals surface area contributed by atoms with E-state index in [4.69, 9.17) is 0 Å². The maximum atomic E-state index is 14.7. The number of hydrogen-bond donors (Lipinski definition) is 0. The Hall–Kier alpha value is -6.57. The molecular formula is C52H38O. The first-order chi connectivity index (χ1) is 25.9. The van der Waals surface area contributed by atoms with Crippen molar-refractivity contribution in [1.82, 2.24) is 0 Å². The van der Waals surface area contributed by atoms with Crippen molar-refractivity contribution >= 4 is 5.78 Å². The number of benzene rings is 8. The van der Waals surface area contributed by atoms with Crippen LogP contribution in [0.4, 0.5) is 0 Å². The van der Waals surface area contributed by atoms with Gasteiger partial charge in [-0.25, -0.2) is 0 Å². The van der Waals surface area contributed by atoms with Crippen LogP contribution in [-0.4, -0.2) is 5.78 Å². The second kappa shape index (κ2) is 13.2. The first kappa shape index (κ1) is 32.3. The molecule has 1 aliphatic carbocycles. The lowest BCUT2D eigenvalue weighted by atomic mass is 9.67. The highest BCUT2D eigenvalue weighted by Crippen LogP contribution is 2.45. The number of carbonyl (C=O) groups excluding carboxylic acids is 1. The maximum absolute atomic E-state index is 14.7. The van der Waals surface area contributed by atoms with Gasteiger partial charge in [0.25, 0.3) is 0 Å². The number of fused-ring (bicyclic) bond motifs is 2. The lowest BCUT2D eigenvalue weighted by Crippen LogP contribution is -2.30. The smallest absolute Gasteiger partial charge is 0.193 e. The molecule has 0 saturated carbocycles. The Labute approximate surface area is 311 Å². The van der Waals surface area contributed by atoms with Crippen molar-refractivity contribution in [2.45, 2.75) is 19.3 Å². The lowest BCUT2D eigenvalue weighted by molar-refractivity contribution is 0.103. The van der Waals surface area contributed by atoms with Crippen molar-refractivity contribution < 1.29 is 4.79 Å². The average Bonchev–Trinajstić information content (AvgIpc) is 3.23. The topological polar surface area (TPSA) is 17.1 Å². The molecule has 1 aliphatic rings. The van der Waals surface area contributed by atoms with E-state index in [9.17, 15) is 4.79 Å². The normalized spacial score (nSPS) is 12.9. The molecule has 0 unspecified atom stereocenters. The summed E-state index contributed by atoms with van der Waals surface area (Å²) in [6.07, 6.45) is 0. The highest BCUT2D eigenvalue weighted by Gasteiger charge is 2.37. The van der Waals surface area contributed by atoms with E-state index < -0.39 is 0 Å². The molecule has 0 heterocycles. The number of rotatable bonds is 6. The SMILES string of the molecule is CC1(C)c2ccc(-c3cc(-c4ccccc4)cc(-c4ccccc4)c3)cc2C(=O)c2cc(-c3cc(-c4ccccc4)cc(-c4ccccc4)c3)ccc21. The van der Waals surface area contributed by atoms with Crippen LogP contribution in [-0.2, 0) is 5.41 Å². The van der Waals surface area contributed by atoms with Crippen molar-refractivity contribution in [3.05, 3.63) is 216 Å². The van der Waals surface area contributed by atoms with Crippen LogP contribution < -0.4 is 0 Å². The summed E-state index contributed by atoms with van der Waals surface area (Å²) in [4.78, 5) is 14.7. The van der Waals surface area contributed by atoms with E-state index in [2.05, 4.69) is 184 Å². The van der Waals surface area contributed by atoms with Gasteiger partial charge in [-0.05, 0) is 126 Å². The molecule has 8 aromatic rings. The molecule has 0 fully saturated rings. The van der Waals surface area contributed by atoms with Gasteiger partial charge in [-0.2, -0.15) is 0 Å². The summed E-state index contributed by atoms with van der Waals surface area (Å²) in [6, 6.07) is 68.5. The summed E-state index contributed by atoms with van der Waals surface area (Å²) in [5, 5.41) is 0. The Kier molecular flexibility index (Phi) is 8.05. The predicted molar refractivity (Wildman–Crippen MR) is 221 cm³/mol. The molecule has 0 spiro atoms. The second-order valence-electron chi connectivity index (χ2n) is 14.5. The van der Waals surface area contributed by atoms with E-state index in [-0.39, 0.29) is 11.2 Å². The molecule has 1 heteroatoms. The number of hydrogen-bond acceptors (Lipinski definition) is 1. The summed E-state index contributed by atoms with van der Waals surface area (Å²) in [6.45, 7) is 4.48. The predicted octanol–water partition coefficient (Wildman–Crippen LogP) is 13.6. The van der Waals surface area contributed by atoms with Crippen molar-refractivity contribution in [3.63, 3.8) is 0 Å². The van der Waals surface area contributed by atoms with Gasteiger partial charge in [0.15, 0.2) is 5.78 Å². The molecule has 9 rings (SSSR count). The van der Waals surface area contributed by atoms with E-state index >= 15 is 0 Å². The van der Waals surface area contributed by atoms with Crippen LogP contribution in [0, 0.1) is 0 Å². The Bertz CT molecular complexity index is 2320. The molecule has 0 saturated heterocycles. The van der Waals surface area contributed by atoms with Gasteiger partial charge < -0.3 is 0 Å². The molecule has 252 valence electrons. The summed E-state index contributed by atoms with van der Waals surface area (Å²) in [7, 11) is 0.